The smallest absolute Gasteiger partial charge is 0.262 e. The van der Waals surface area contributed by atoms with E-state index in [0.29, 0.717) is 5.56 Å². The maximum absolute atomic E-state index is 13.6. The second kappa shape index (κ2) is 6.56. The van der Waals surface area contributed by atoms with E-state index >= 15 is 0 Å². The Morgan fingerprint density at radius 3 is 2.45 bits per heavy atom. The number of aromatic nitrogens is 4. The summed E-state index contributed by atoms with van der Waals surface area (Å²) in [4.78, 5) is 15.4. The summed E-state index contributed by atoms with van der Waals surface area (Å²) in [6.45, 7) is 2.01. The lowest BCUT2D eigenvalue weighted by Crippen LogP contribution is -2.56. The fourth-order valence-corrected chi connectivity index (χ4v) is 3.80. The van der Waals surface area contributed by atoms with E-state index in [1.807, 2.05) is 85.8 Å². The van der Waals surface area contributed by atoms with Crippen molar-refractivity contribution in [2.45, 2.75) is 12.6 Å². The molecule has 29 heavy (non-hydrogen) atoms. The quantitative estimate of drug-likeness (QED) is 0.586. The van der Waals surface area contributed by atoms with E-state index in [-0.39, 0.29) is 5.91 Å². The van der Waals surface area contributed by atoms with Crippen LogP contribution in [-0.2, 0) is 5.66 Å². The first-order chi connectivity index (χ1) is 14.2. The molecule has 0 aliphatic carbocycles. The van der Waals surface area contributed by atoms with E-state index in [1.54, 1.807) is 15.9 Å². The second-order valence-corrected chi connectivity index (χ2v) is 7.02. The van der Waals surface area contributed by atoms with E-state index < -0.39 is 5.66 Å². The van der Waals surface area contributed by atoms with Gasteiger partial charge in [-0.1, -0.05) is 42.5 Å². The number of hydrogen-bond donors (Lipinski definition) is 1. The summed E-state index contributed by atoms with van der Waals surface area (Å²) >= 11 is 0. The topological polar surface area (TPSA) is 75.9 Å². The second-order valence-electron chi connectivity index (χ2n) is 7.02. The highest BCUT2D eigenvalue weighted by Crippen LogP contribution is 2.41. The molecule has 0 radical (unpaired) electrons. The first-order valence-corrected chi connectivity index (χ1v) is 9.27. The zero-order valence-corrected chi connectivity index (χ0v) is 15.7. The number of amides is 1. The number of carbonyl (C=O) groups excluding carboxylic acids is 1. The Kier molecular flexibility index (Phi) is 3.87. The third kappa shape index (κ3) is 2.75. The molecule has 1 aliphatic rings. The highest BCUT2D eigenvalue weighted by atomic mass is 16.2. The Labute approximate surface area is 167 Å². The first kappa shape index (κ1) is 17.1. The first-order valence-electron chi connectivity index (χ1n) is 9.27. The Bertz CT molecular complexity index is 1170. The SMILES string of the molecule is CC1(c2cccc(-n3cnnn3)c2)Nc2ccccc2C(=O)N1c1ccccc1. The molecule has 0 fully saturated rings. The summed E-state index contributed by atoms with van der Waals surface area (Å²) in [6.07, 6.45) is 1.55. The lowest BCUT2D eigenvalue weighted by atomic mass is 9.92. The summed E-state index contributed by atoms with van der Waals surface area (Å²) in [5.41, 5.74) is 3.18. The number of nitrogens with zero attached hydrogens (tertiary/aromatic N) is 5. The molecule has 5 rings (SSSR count). The average Bonchev–Trinajstić information content (AvgIpc) is 3.30. The monoisotopic (exact) mass is 382 g/mol. The molecule has 1 amide bonds. The van der Waals surface area contributed by atoms with Gasteiger partial charge in [-0.15, -0.1) is 5.10 Å². The molecule has 1 unspecified atom stereocenters. The third-order valence-electron chi connectivity index (χ3n) is 5.22. The number of carbonyl (C=O) groups is 1. The zero-order valence-electron chi connectivity index (χ0n) is 15.7. The van der Waals surface area contributed by atoms with Crippen LogP contribution in [0.4, 0.5) is 11.4 Å². The number of fused-ring (bicyclic) bond motifs is 1. The molecule has 0 saturated carbocycles. The van der Waals surface area contributed by atoms with Crippen LogP contribution in [0.15, 0.2) is 85.2 Å². The van der Waals surface area contributed by atoms with Gasteiger partial charge in [0.05, 0.1) is 11.3 Å². The molecule has 3 aromatic carbocycles. The number of benzene rings is 3. The summed E-state index contributed by atoms with van der Waals surface area (Å²) in [5.74, 6) is -0.0547. The van der Waals surface area contributed by atoms with E-state index in [0.717, 1.165) is 22.6 Å². The van der Waals surface area contributed by atoms with Crippen LogP contribution >= 0.6 is 0 Å². The largest absolute Gasteiger partial charge is 0.358 e. The van der Waals surface area contributed by atoms with Gasteiger partial charge in [0.1, 0.15) is 12.0 Å². The molecular weight excluding hydrogens is 364 g/mol. The van der Waals surface area contributed by atoms with Crippen LogP contribution in [-0.4, -0.2) is 26.1 Å². The number of para-hydroxylation sites is 2. The average molecular weight is 382 g/mol. The van der Waals surface area contributed by atoms with Crippen molar-refractivity contribution in [3.63, 3.8) is 0 Å². The summed E-state index contributed by atoms with van der Waals surface area (Å²) in [5, 5.41) is 15.0. The van der Waals surface area contributed by atoms with Gasteiger partial charge in [0.2, 0.25) is 0 Å². The number of rotatable bonds is 3. The molecular formula is C22H18N6O. The standard InChI is InChI=1S/C22H18N6O/c1-22(16-8-7-11-18(14-16)27-15-23-25-26-27)24-20-13-6-5-12-19(20)21(29)28(22)17-9-3-2-4-10-17/h2-15,24H,1H3. The van der Waals surface area contributed by atoms with E-state index in [2.05, 4.69) is 20.8 Å². The number of anilines is 2. The van der Waals surface area contributed by atoms with Crippen molar-refractivity contribution in [1.29, 1.82) is 0 Å². The fourth-order valence-electron chi connectivity index (χ4n) is 3.80. The van der Waals surface area contributed by atoms with Crippen LogP contribution in [0, 0.1) is 0 Å². The van der Waals surface area contributed by atoms with Gasteiger partial charge in [-0.05, 0) is 59.3 Å². The molecule has 1 N–H and O–H groups in total. The predicted molar refractivity (Wildman–Crippen MR) is 110 cm³/mol. The molecule has 1 atom stereocenters. The lowest BCUT2D eigenvalue weighted by Gasteiger charge is -2.46. The molecule has 1 aliphatic heterocycles. The highest BCUT2D eigenvalue weighted by Gasteiger charge is 2.43. The van der Waals surface area contributed by atoms with Gasteiger partial charge in [-0.2, -0.15) is 0 Å². The number of tetrazole rings is 1. The molecule has 4 aromatic rings. The van der Waals surface area contributed by atoms with E-state index in [1.165, 1.54) is 0 Å². The molecule has 0 spiro atoms. The van der Waals surface area contributed by atoms with E-state index in [9.17, 15) is 4.79 Å². The van der Waals surface area contributed by atoms with Crippen molar-refractivity contribution in [3.05, 3.63) is 96.3 Å². The Hall–Kier alpha value is -4.00. The minimum absolute atomic E-state index is 0.0547. The van der Waals surface area contributed by atoms with Gasteiger partial charge in [0.15, 0.2) is 0 Å². The Balaban J connectivity index is 1.70. The van der Waals surface area contributed by atoms with E-state index in [4.69, 9.17) is 0 Å². The minimum atomic E-state index is -0.809. The molecule has 1 aromatic heterocycles. The summed E-state index contributed by atoms with van der Waals surface area (Å²) < 4.78 is 1.60. The van der Waals surface area contributed by atoms with Crippen LogP contribution in [0.1, 0.15) is 22.8 Å². The molecule has 142 valence electrons. The van der Waals surface area contributed by atoms with Gasteiger partial charge >= 0.3 is 0 Å². The van der Waals surface area contributed by atoms with Crippen molar-refractivity contribution >= 4 is 17.3 Å². The Morgan fingerprint density at radius 2 is 1.66 bits per heavy atom. The van der Waals surface area contributed by atoms with Crippen LogP contribution < -0.4 is 10.2 Å². The molecule has 7 heteroatoms. The predicted octanol–water partition coefficient (Wildman–Crippen LogP) is 3.61. The highest BCUT2D eigenvalue weighted by molar-refractivity contribution is 6.12. The maximum atomic E-state index is 13.6. The van der Waals surface area contributed by atoms with Crippen molar-refractivity contribution < 1.29 is 4.79 Å². The zero-order chi connectivity index (χ0) is 19.8. The van der Waals surface area contributed by atoms with Crippen molar-refractivity contribution in [2.24, 2.45) is 0 Å². The van der Waals surface area contributed by atoms with Crippen molar-refractivity contribution in [2.75, 3.05) is 10.2 Å². The molecule has 7 nitrogen and oxygen atoms in total. The third-order valence-corrected chi connectivity index (χ3v) is 5.22. The molecule has 2 heterocycles. The van der Waals surface area contributed by atoms with Gasteiger partial charge in [-0.25, -0.2) is 4.68 Å². The Morgan fingerprint density at radius 1 is 0.897 bits per heavy atom. The maximum Gasteiger partial charge on any atom is 0.262 e. The van der Waals surface area contributed by atoms with Crippen molar-refractivity contribution in [1.82, 2.24) is 20.2 Å². The number of hydrogen-bond acceptors (Lipinski definition) is 5. The van der Waals surface area contributed by atoms with Crippen LogP contribution in [0.2, 0.25) is 0 Å². The lowest BCUT2D eigenvalue weighted by molar-refractivity contribution is 0.0956. The van der Waals surface area contributed by atoms with Crippen LogP contribution in [0.3, 0.4) is 0 Å². The van der Waals surface area contributed by atoms with Crippen molar-refractivity contribution in [3.8, 4) is 5.69 Å². The molecule has 0 saturated heterocycles. The van der Waals surface area contributed by atoms with Gasteiger partial charge in [0, 0.05) is 11.4 Å². The van der Waals surface area contributed by atoms with Crippen LogP contribution in [0.5, 0.6) is 0 Å². The van der Waals surface area contributed by atoms with Crippen LogP contribution in [0.25, 0.3) is 5.69 Å². The summed E-state index contributed by atoms with van der Waals surface area (Å²) in [7, 11) is 0. The fraction of sp³-hybridized carbons (Fsp3) is 0.0909. The normalized spacial score (nSPS) is 18.2. The van der Waals surface area contributed by atoms with Gasteiger partial charge in [-0.3, -0.25) is 9.69 Å². The van der Waals surface area contributed by atoms with Gasteiger partial charge in [0.25, 0.3) is 5.91 Å². The minimum Gasteiger partial charge on any atom is -0.358 e. The summed E-state index contributed by atoms with van der Waals surface area (Å²) in [6, 6.07) is 25.1. The molecule has 0 bridgehead atoms. The number of nitrogens with one attached hydrogen (secondary N) is 1. The van der Waals surface area contributed by atoms with Gasteiger partial charge < -0.3 is 5.32 Å².